The SMILES string of the molecule is COC(=O)C(C(=O)OC)=C1C2C=CCC=C2C(=O)C2=CCC=CC21. The van der Waals surface area contributed by atoms with Crippen LogP contribution in [-0.4, -0.2) is 31.9 Å². The van der Waals surface area contributed by atoms with Crippen molar-refractivity contribution in [2.75, 3.05) is 14.2 Å². The largest absolute Gasteiger partial charge is 0.465 e. The number of carbonyl (C=O) groups excluding carboxylic acids is 3. The molecule has 0 aliphatic heterocycles. The molecule has 0 spiro atoms. The molecule has 24 heavy (non-hydrogen) atoms. The van der Waals surface area contributed by atoms with E-state index < -0.39 is 23.8 Å². The summed E-state index contributed by atoms with van der Waals surface area (Å²) >= 11 is 0. The van der Waals surface area contributed by atoms with Crippen molar-refractivity contribution < 1.29 is 23.9 Å². The third-order valence-corrected chi connectivity index (χ3v) is 4.54. The fraction of sp³-hybridized carbons (Fsp3) is 0.316. The maximum atomic E-state index is 12.8. The summed E-state index contributed by atoms with van der Waals surface area (Å²) in [4.78, 5) is 37.4. The van der Waals surface area contributed by atoms with Crippen LogP contribution in [-0.2, 0) is 23.9 Å². The van der Waals surface area contributed by atoms with E-state index in [1.54, 1.807) is 0 Å². The summed E-state index contributed by atoms with van der Waals surface area (Å²) in [5.74, 6) is -2.34. The summed E-state index contributed by atoms with van der Waals surface area (Å²) in [7, 11) is 2.45. The molecule has 0 aromatic carbocycles. The quantitative estimate of drug-likeness (QED) is 0.256. The van der Waals surface area contributed by atoms with E-state index >= 15 is 0 Å². The predicted octanol–water partition coefficient (Wildman–Crippen LogP) is 2.22. The van der Waals surface area contributed by atoms with Gasteiger partial charge in [0.2, 0.25) is 0 Å². The van der Waals surface area contributed by atoms with E-state index in [1.807, 2.05) is 36.5 Å². The number of Topliss-reactive ketones (excluding diaryl/α,β-unsaturated/α-hetero) is 1. The molecule has 0 saturated heterocycles. The molecule has 1 fully saturated rings. The van der Waals surface area contributed by atoms with Gasteiger partial charge >= 0.3 is 11.9 Å². The van der Waals surface area contributed by atoms with Crippen molar-refractivity contribution in [1.29, 1.82) is 0 Å². The molecule has 1 saturated carbocycles. The van der Waals surface area contributed by atoms with Gasteiger partial charge in [0.1, 0.15) is 5.57 Å². The summed E-state index contributed by atoms with van der Waals surface area (Å²) in [6, 6.07) is 0. The van der Waals surface area contributed by atoms with Gasteiger partial charge in [0, 0.05) is 23.0 Å². The summed E-state index contributed by atoms with van der Waals surface area (Å²) in [5.41, 5.74) is 1.64. The lowest BCUT2D eigenvalue weighted by Crippen LogP contribution is -2.35. The molecular formula is C19H18O5. The molecule has 5 nitrogen and oxygen atoms in total. The Kier molecular flexibility index (Phi) is 4.34. The van der Waals surface area contributed by atoms with Gasteiger partial charge < -0.3 is 9.47 Å². The second kappa shape index (κ2) is 6.43. The zero-order valence-electron chi connectivity index (χ0n) is 13.6. The molecule has 0 N–H and O–H groups in total. The number of hydrogen-bond acceptors (Lipinski definition) is 5. The maximum Gasteiger partial charge on any atom is 0.345 e. The van der Waals surface area contributed by atoms with E-state index in [0.717, 1.165) is 0 Å². The number of esters is 2. The lowest BCUT2D eigenvalue weighted by molar-refractivity contribution is -0.144. The Morgan fingerprint density at radius 2 is 1.38 bits per heavy atom. The summed E-state index contributed by atoms with van der Waals surface area (Å²) < 4.78 is 9.61. The number of rotatable bonds is 2. The molecule has 0 bridgehead atoms. The number of methoxy groups -OCH3 is 2. The van der Waals surface area contributed by atoms with Gasteiger partial charge in [-0.3, -0.25) is 4.79 Å². The minimum Gasteiger partial charge on any atom is -0.465 e. The van der Waals surface area contributed by atoms with Crippen LogP contribution in [0.25, 0.3) is 0 Å². The fourth-order valence-electron chi connectivity index (χ4n) is 3.49. The average molecular weight is 326 g/mol. The lowest BCUT2D eigenvalue weighted by Gasteiger charge is -2.36. The Morgan fingerprint density at radius 3 is 1.79 bits per heavy atom. The molecule has 0 amide bonds. The van der Waals surface area contributed by atoms with E-state index in [-0.39, 0.29) is 11.4 Å². The van der Waals surface area contributed by atoms with E-state index in [9.17, 15) is 14.4 Å². The van der Waals surface area contributed by atoms with Crippen molar-refractivity contribution >= 4 is 17.7 Å². The standard InChI is InChI=1S/C19H18O5/c1-23-18(21)16(19(22)24-2)15-11-7-3-5-9-13(11)17(20)14-10-6-4-8-12(14)15/h3-4,7-12H,5-6H2,1-2H3. The zero-order chi connectivity index (χ0) is 17.3. The van der Waals surface area contributed by atoms with Crippen LogP contribution in [0.3, 0.4) is 0 Å². The molecule has 5 heteroatoms. The molecule has 3 aliphatic rings. The van der Waals surface area contributed by atoms with E-state index in [2.05, 4.69) is 0 Å². The molecule has 0 aromatic heterocycles. The first-order chi connectivity index (χ1) is 11.6. The molecule has 0 radical (unpaired) electrons. The minimum atomic E-state index is -0.747. The average Bonchev–Trinajstić information content (AvgIpc) is 2.64. The number of allylic oxidation sites excluding steroid dienone is 9. The second-order valence-corrected chi connectivity index (χ2v) is 5.74. The van der Waals surface area contributed by atoms with Gasteiger partial charge in [-0.2, -0.15) is 0 Å². The van der Waals surface area contributed by atoms with Crippen molar-refractivity contribution in [1.82, 2.24) is 0 Å². The molecular weight excluding hydrogens is 308 g/mol. The van der Waals surface area contributed by atoms with E-state index in [0.29, 0.717) is 29.6 Å². The van der Waals surface area contributed by atoms with Gasteiger partial charge in [-0.1, -0.05) is 36.5 Å². The first kappa shape index (κ1) is 16.2. The van der Waals surface area contributed by atoms with Crippen LogP contribution in [0.4, 0.5) is 0 Å². The minimum absolute atomic E-state index is 0.0171. The first-order valence-corrected chi connectivity index (χ1v) is 7.79. The number of hydrogen-bond donors (Lipinski definition) is 0. The Bertz CT molecular complexity index is 701. The first-order valence-electron chi connectivity index (χ1n) is 7.79. The Labute approximate surface area is 140 Å². The van der Waals surface area contributed by atoms with Gasteiger partial charge in [0.05, 0.1) is 14.2 Å². The van der Waals surface area contributed by atoms with Crippen LogP contribution in [0.1, 0.15) is 12.8 Å². The van der Waals surface area contributed by atoms with Crippen molar-refractivity contribution in [2.24, 2.45) is 11.8 Å². The fourth-order valence-corrected chi connectivity index (χ4v) is 3.49. The third kappa shape index (κ3) is 2.46. The molecule has 3 aliphatic carbocycles. The van der Waals surface area contributed by atoms with Crippen molar-refractivity contribution in [2.45, 2.75) is 12.8 Å². The van der Waals surface area contributed by atoms with E-state index in [1.165, 1.54) is 14.2 Å². The number of ketones is 1. The zero-order valence-corrected chi connectivity index (χ0v) is 13.6. The maximum absolute atomic E-state index is 12.8. The second-order valence-electron chi connectivity index (χ2n) is 5.74. The van der Waals surface area contributed by atoms with Crippen LogP contribution in [0.5, 0.6) is 0 Å². The Balaban J connectivity index is 2.28. The van der Waals surface area contributed by atoms with Gasteiger partial charge in [-0.15, -0.1) is 0 Å². The predicted molar refractivity (Wildman–Crippen MR) is 86.7 cm³/mol. The van der Waals surface area contributed by atoms with Crippen LogP contribution < -0.4 is 0 Å². The smallest absolute Gasteiger partial charge is 0.345 e. The van der Waals surface area contributed by atoms with Crippen LogP contribution in [0, 0.1) is 11.8 Å². The van der Waals surface area contributed by atoms with Gasteiger partial charge in [-0.05, 0) is 18.4 Å². The van der Waals surface area contributed by atoms with Crippen LogP contribution >= 0.6 is 0 Å². The highest BCUT2D eigenvalue weighted by Crippen LogP contribution is 2.45. The molecule has 3 rings (SSSR count). The topological polar surface area (TPSA) is 69.7 Å². The highest BCUT2D eigenvalue weighted by Gasteiger charge is 2.43. The summed E-state index contributed by atoms with van der Waals surface area (Å²) in [6.07, 6.45) is 12.6. The molecule has 124 valence electrons. The van der Waals surface area contributed by atoms with Gasteiger partial charge in [0.15, 0.2) is 5.78 Å². The number of fused-ring (bicyclic) bond motifs is 2. The van der Waals surface area contributed by atoms with Crippen LogP contribution in [0.15, 0.2) is 58.7 Å². The summed E-state index contributed by atoms with van der Waals surface area (Å²) in [6.45, 7) is 0. The number of ether oxygens (including phenoxy) is 2. The van der Waals surface area contributed by atoms with Gasteiger partial charge in [0.25, 0.3) is 0 Å². The highest BCUT2D eigenvalue weighted by molar-refractivity contribution is 6.18. The van der Waals surface area contributed by atoms with E-state index in [4.69, 9.17) is 9.47 Å². The van der Waals surface area contributed by atoms with Gasteiger partial charge in [-0.25, -0.2) is 9.59 Å². The monoisotopic (exact) mass is 326 g/mol. The Morgan fingerprint density at radius 1 is 0.917 bits per heavy atom. The van der Waals surface area contributed by atoms with Crippen LogP contribution in [0.2, 0.25) is 0 Å². The molecule has 2 atom stereocenters. The normalized spacial score (nSPS) is 24.4. The lowest BCUT2D eigenvalue weighted by atomic mass is 9.66. The molecule has 2 unspecified atom stereocenters. The van der Waals surface area contributed by atoms with Crippen molar-refractivity contribution in [3.8, 4) is 0 Å². The van der Waals surface area contributed by atoms with Crippen molar-refractivity contribution in [3.63, 3.8) is 0 Å². The number of carbonyl (C=O) groups is 3. The molecule has 0 aromatic rings. The molecule has 0 heterocycles. The highest BCUT2D eigenvalue weighted by atomic mass is 16.5. The third-order valence-electron chi connectivity index (χ3n) is 4.54. The Hall–Kier alpha value is -2.69. The van der Waals surface area contributed by atoms with Crippen molar-refractivity contribution in [3.05, 3.63) is 58.7 Å². The summed E-state index contributed by atoms with van der Waals surface area (Å²) in [5, 5.41) is 0.